The number of fused-ring (bicyclic) bond motifs is 10. The summed E-state index contributed by atoms with van der Waals surface area (Å²) in [5, 5.41) is 4.89. The van der Waals surface area contributed by atoms with Gasteiger partial charge < -0.3 is 14.0 Å². The van der Waals surface area contributed by atoms with Crippen molar-refractivity contribution in [1.82, 2.24) is 9.13 Å². The van der Waals surface area contributed by atoms with Crippen LogP contribution < -0.4 is 21.3 Å². The summed E-state index contributed by atoms with van der Waals surface area (Å²) in [5.41, 5.74) is 31.9. The fourth-order valence-electron chi connectivity index (χ4n) is 15.2. The van der Waals surface area contributed by atoms with E-state index in [2.05, 4.69) is 356 Å². The van der Waals surface area contributed by atoms with Crippen LogP contribution in [0.4, 0.5) is 17.1 Å². The van der Waals surface area contributed by atoms with Crippen LogP contribution in [0.5, 0.6) is 0 Å². The van der Waals surface area contributed by atoms with Gasteiger partial charge in [0.1, 0.15) is 0 Å². The van der Waals surface area contributed by atoms with Crippen molar-refractivity contribution in [3.63, 3.8) is 0 Å². The highest BCUT2D eigenvalue weighted by Gasteiger charge is 2.45. The van der Waals surface area contributed by atoms with Crippen LogP contribution in [-0.4, -0.2) is 15.8 Å². The maximum absolute atomic E-state index is 2.73. The zero-order valence-electron chi connectivity index (χ0n) is 51.5. The van der Waals surface area contributed by atoms with Crippen molar-refractivity contribution in [3.8, 4) is 89.3 Å². The molecule has 92 heavy (non-hydrogen) atoms. The number of benzene rings is 14. The van der Waals surface area contributed by atoms with Gasteiger partial charge in [-0.05, 0) is 173 Å². The summed E-state index contributed by atoms with van der Waals surface area (Å²) in [6.07, 6.45) is 0. The standard InChI is InChI=1S/C88H62BN3/c1-88(2,3)69-53-83-85-84(54-69)92(86-71(66-37-22-35-62(47-66)57-25-10-4-11-26-57)41-24-42-72(86)67-38-23-36-63(48-67)58-27-12-5-13-28-58)82-55-75-73-49-64(59-29-14-6-15-30-59)43-45-79(73)90(70-39-20-9-21-40-70)81(75)56-77(82)89(85)78-52-68(61-33-18-8-19-34-61)51-76-74-50-65(60-31-16-7-17-32-60)44-46-80(74)91(83)87(76)78/h4-56H,1-3H3. The molecule has 16 aromatic rings. The van der Waals surface area contributed by atoms with Crippen LogP contribution in [0.3, 0.4) is 0 Å². The molecule has 0 atom stereocenters. The lowest BCUT2D eigenvalue weighted by Crippen LogP contribution is -2.60. The van der Waals surface area contributed by atoms with Crippen molar-refractivity contribution in [1.29, 1.82) is 0 Å². The molecule has 3 nitrogen and oxygen atoms in total. The summed E-state index contributed by atoms with van der Waals surface area (Å²) in [6.45, 7) is 6.96. The molecule has 0 amide bonds. The first-order chi connectivity index (χ1) is 45.3. The van der Waals surface area contributed by atoms with E-state index in [1.165, 1.54) is 127 Å². The first kappa shape index (κ1) is 53.6. The van der Waals surface area contributed by atoms with Gasteiger partial charge in [0.25, 0.3) is 6.71 Å². The average molecular weight is 1170 g/mol. The van der Waals surface area contributed by atoms with Gasteiger partial charge in [-0.3, -0.25) is 0 Å². The number of hydrogen-bond acceptors (Lipinski definition) is 1. The Bertz CT molecular complexity index is 5490. The summed E-state index contributed by atoms with van der Waals surface area (Å²) >= 11 is 0. The van der Waals surface area contributed by atoms with E-state index in [1.807, 2.05) is 0 Å². The number of para-hydroxylation sites is 2. The Morgan fingerprint density at radius 2 is 0.685 bits per heavy atom. The molecule has 0 bridgehead atoms. The van der Waals surface area contributed by atoms with Crippen molar-refractivity contribution < 1.29 is 0 Å². The number of nitrogens with zero attached hydrogens (tertiary/aromatic N) is 3. The van der Waals surface area contributed by atoms with E-state index in [9.17, 15) is 0 Å². The van der Waals surface area contributed by atoms with Gasteiger partial charge in [0.15, 0.2) is 0 Å². The van der Waals surface area contributed by atoms with Crippen LogP contribution in [0.2, 0.25) is 0 Å². The van der Waals surface area contributed by atoms with Crippen LogP contribution in [-0.2, 0) is 5.41 Å². The zero-order valence-corrected chi connectivity index (χ0v) is 51.5. The fourth-order valence-corrected chi connectivity index (χ4v) is 15.2. The Balaban J connectivity index is 1.03. The number of aromatic nitrogens is 2. The third kappa shape index (κ3) is 8.59. The largest absolute Gasteiger partial charge is 0.310 e. The van der Waals surface area contributed by atoms with Crippen LogP contribution in [0.1, 0.15) is 26.3 Å². The molecule has 4 heterocycles. The van der Waals surface area contributed by atoms with Crippen LogP contribution in [0, 0.1) is 0 Å². The Hall–Kier alpha value is -11.5. The van der Waals surface area contributed by atoms with Gasteiger partial charge in [0, 0.05) is 60.9 Å². The van der Waals surface area contributed by atoms with Crippen LogP contribution >= 0.6 is 0 Å². The molecule has 0 unspecified atom stereocenters. The summed E-state index contributed by atoms with van der Waals surface area (Å²) in [6, 6.07) is 121. The van der Waals surface area contributed by atoms with E-state index in [0.29, 0.717) is 0 Å². The first-order valence-electron chi connectivity index (χ1n) is 32.2. The van der Waals surface area contributed by atoms with Gasteiger partial charge in [-0.15, -0.1) is 0 Å². The molecular formula is C88H62BN3. The second-order valence-electron chi connectivity index (χ2n) is 26.0. The highest BCUT2D eigenvalue weighted by atomic mass is 15.2. The Kier molecular flexibility index (Phi) is 12.3. The smallest absolute Gasteiger partial charge is 0.252 e. The van der Waals surface area contributed by atoms with Crippen molar-refractivity contribution in [2.24, 2.45) is 0 Å². The normalized spacial score (nSPS) is 12.5. The molecule has 0 aliphatic carbocycles. The molecule has 2 aliphatic heterocycles. The van der Waals surface area contributed by atoms with Crippen LogP contribution in [0.15, 0.2) is 322 Å². The van der Waals surface area contributed by atoms with E-state index in [0.717, 1.165) is 44.8 Å². The minimum atomic E-state index is -0.246. The lowest BCUT2D eigenvalue weighted by molar-refractivity contribution is 0.590. The predicted molar refractivity (Wildman–Crippen MR) is 391 cm³/mol. The van der Waals surface area contributed by atoms with Gasteiger partial charge in [0.05, 0.1) is 22.2 Å². The van der Waals surface area contributed by atoms with Crippen LogP contribution in [0.25, 0.3) is 133 Å². The molecule has 2 aliphatic rings. The van der Waals surface area contributed by atoms with Gasteiger partial charge in [-0.25, -0.2) is 0 Å². The number of hydrogen-bond donors (Lipinski definition) is 0. The van der Waals surface area contributed by atoms with Gasteiger partial charge in [-0.2, -0.15) is 0 Å². The Labute approximate surface area is 537 Å². The summed E-state index contributed by atoms with van der Waals surface area (Å²) in [4.78, 5) is 2.73. The van der Waals surface area contributed by atoms with Crippen molar-refractivity contribution >= 4 is 83.8 Å². The second-order valence-corrected chi connectivity index (χ2v) is 26.0. The minimum Gasteiger partial charge on any atom is -0.310 e. The van der Waals surface area contributed by atoms with Crippen molar-refractivity contribution in [2.75, 3.05) is 4.90 Å². The molecule has 0 radical (unpaired) electrons. The highest BCUT2D eigenvalue weighted by Crippen LogP contribution is 2.52. The molecule has 0 spiro atoms. The number of rotatable bonds is 9. The van der Waals surface area contributed by atoms with Gasteiger partial charge in [0.2, 0.25) is 0 Å². The lowest BCUT2D eigenvalue weighted by atomic mass is 9.33. The molecular weight excluding hydrogens is 1110 g/mol. The SMILES string of the molecule is CC(C)(C)c1cc2c3c(c1)-n1c4ccc(-c5ccccc5)cc4c4cc(-c5ccccc5)cc(c41)B3c1cc3c(cc1N2c1c(-c2cccc(-c4ccccc4)c2)cccc1-c1cccc(-c2ccccc2)c1)c1cc(-c2ccccc2)ccc1n3-c1ccccc1. The molecule has 4 heteroatoms. The lowest BCUT2D eigenvalue weighted by Gasteiger charge is -2.43. The monoisotopic (exact) mass is 1170 g/mol. The number of anilines is 3. The molecule has 2 aromatic heterocycles. The molecule has 14 aromatic carbocycles. The third-order valence-electron chi connectivity index (χ3n) is 19.6. The highest BCUT2D eigenvalue weighted by molar-refractivity contribution is 7.00. The molecule has 432 valence electrons. The fraction of sp³-hybridized carbons (Fsp3) is 0.0455. The maximum Gasteiger partial charge on any atom is 0.252 e. The average Bonchev–Trinajstić information content (AvgIpc) is 1.35. The zero-order chi connectivity index (χ0) is 61.2. The van der Waals surface area contributed by atoms with Crippen molar-refractivity contribution in [3.05, 3.63) is 327 Å². The van der Waals surface area contributed by atoms with E-state index in [4.69, 9.17) is 0 Å². The minimum absolute atomic E-state index is 0.193. The second kappa shape index (κ2) is 21.1. The van der Waals surface area contributed by atoms with E-state index in [-0.39, 0.29) is 12.1 Å². The van der Waals surface area contributed by atoms with Crippen molar-refractivity contribution in [2.45, 2.75) is 26.2 Å². The third-order valence-corrected chi connectivity index (χ3v) is 19.6. The van der Waals surface area contributed by atoms with E-state index < -0.39 is 0 Å². The van der Waals surface area contributed by atoms with E-state index in [1.54, 1.807) is 0 Å². The predicted octanol–water partition coefficient (Wildman–Crippen LogP) is 21.5. The molecule has 18 rings (SSSR count). The maximum atomic E-state index is 2.73. The summed E-state index contributed by atoms with van der Waals surface area (Å²) in [5.74, 6) is 0. The molecule has 0 fully saturated rings. The van der Waals surface area contributed by atoms with E-state index >= 15 is 0 Å². The Morgan fingerprint density at radius 3 is 1.21 bits per heavy atom. The molecule has 0 N–H and O–H groups in total. The Morgan fingerprint density at radius 1 is 0.272 bits per heavy atom. The topological polar surface area (TPSA) is 13.1 Å². The summed E-state index contributed by atoms with van der Waals surface area (Å²) < 4.78 is 5.18. The quantitative estimate of drug-likeness (QED) is 0.131. The first-order valence-corrected chi connectivity index (χ1v) is 32.2. The van der Waals surface area contributed by atoms with Gasteiger partial charge >= 0.3 is 0 Å². The molecule has 0 saturated carbocycles. The summed E-state index contributed by atoms with van der Waals surface area (Å²) in [7, 11) is 0. The van der Waals surface area contributed by atoms with Gasteiger partial charge in [-0.1, -0.05) is 263 Å². The molecule has 0 saturated heterocycles.